The molecule has 8 nitrogen and oxygen atoms in total. The van der Waals surface area contributed by atoms with Crippen LogP contribution in [0.3, 0.4) is 0 Å². The number of nitrogens with zero attached hydrogens (tertiary/aromatic N) is 4. The maximum absolute atomic E-state index is 12.8. The van der Waals surface area contributed by atoms with Gasteiger partial charge in [0.05, 0.1) is 20.6 Å². The topological polar surface area (TPSA) is 79.8 Å². The first-order chi connectivity index (χ1) is 16.1. The minimum atomic E-state index is 0.103. The van der Waals surface area contributed by atoms with E-state index < -0.39 is 0 Å². The number of methoxy groups -OCH3 is 2. The predicted molar refractivity (Wildman–Crippen MR) is 129 cm³/mol. The first-order valence-electron chi connectivity index (χ1n) is 11.0. The highest BCUT2D eigenvalue weighted by molar-refractivity contribution is 5.79. The molecule has 0 saturated carbocycles. The van der Waals surface area contributed by atoms with Gasteiger partial charge in [-0.2, -0.15) is 4.98 Å². The van der Waals surface area contributed by atoms with E-state index in [0.29, 0.717) is 38.5 Å². The Morgan fingerprint density at radius 2 is 1.70 bits per heavy atom. The number of amides is 1. The van der Waals surface area contributed by atoms with Crippen LogP contribution < -0.4 is 19.7 Å². The number of aromatic nitrogens is 2. The summed E-state index contributed by atoms with van der Waals surface area (Å²) in [6, 6.07) is 17.3. The van der Waals surface area contributed by atoms with Gasteiger partial charge in [-0.15, -0.1) is 0 Å². The third-order valence-electron chi connectivity index (χ3n) is 5.65. The fourth-order valence-electron chi connectivity index (χ4n) is 3.86. The number of carbonyl (C=O) groups is 1. The Kier molecular flexibility index (Phi) is 6.92. The van der Waals surface area contributed by atoms with E-state index in [2.05, 4.69) is 15.2 Å². The van der Waals surface area contributed by atoms with Crippen LogP contribution in [-0.4, -0.2) is 61.2 Å². The van der Waals surface area contributed by atoms with Gasteiger partial charge in [-0.25, -0.2) is 4.98 Å². The summed E-state index contributed by atoms with van der Waals surface area (Å²) in [4.78, 5) is 26.2. The number of nitrogens with one attached hydrogen (secondary N) is 1. The van der Waals surface area contributed by atoms with Gasteiger partial charge in [0.2, 0.25) is 11.9 Å². The van der Waals surface area contributed by atoms with Gasteiger partial charge < -0.3 is 24.6 Å². The molecule has 1 amide bonds. The first kappa shape index (κ1) is 22.4. The standard InChI is InChI=1S/C25H29N5O3/c1-18-16-23(27-20-8-10-21(32-2)11-9-20)28-25(26-18)30-14-12-29(13-15-30)24(31)17-19-6-4-5-7-22(19)33-3/h4-11,16H,12-15,17H2,1-3H3,(H,26,27,28). The molecular weight excluding hydrogens is 418 g/mol. The van der Waals surface area contributed by atoms with Crippen molar-refractivity contribution in [3.8, 4) is 11.5 Å². The number of benzene rings is 2. The largest absolute Gasteiger partial charge is 0.497 e. The molecule has 1 aromatic heterocycles. The Hall–Kier alpha value is -3.81. The third kappa shape index (κ3) is 5.52. The molecule has 1 fully saturated rings. The number of carbonyl (C=O) groups excluding carboxylic acids is 1. The molecule has 0 atom stereocenters. The monoisotopic (exact) mass is 447 g/mol. The molecule has 172 valence electrons. The first-order valence-corrected chi connectivity index (χ1v) is 11.0. The number of rotatable bonds is 7. The van der Waals surface area contributed by atoms with Crippen LogP contribution >= 0.6 is 0 Å². The summed E-state index contributed by atoms with van der Waals surface area (Å²) in [5.74, 6) is 3.05. The lowest BCUT2D eigenvalue weighted by Crippen LogP contribution is -2.49. The molecule has 1 aliphatic rings. The molecule has 1 N–H and O–H groups in total. The molecule has 2 heterocycles. The lowest BCUT2D eigenvalue weighted by atomic mass is 10.1. The summed E-state index contributed by atoms with van der Waals surface area (Å²) < 4.78 is 10.6. The normalized spacial score (nSPS) is 13.5. The Morgan fingerprint density at radius 1 is 0.970 bits per heavy atom. The molecule has 0 unspecified atom stereocenters. The predicted octanol–water partition coefficient (Wildman–Crippen LogP) is 3.44. The minimum Gasteiger partial charge on any atom is -0.497 e. The summed E-state index contributed by atoms with van der Waals surface area (Å²) in [5.41, 5.74) is 2.71. The van der Waals surface area contributed by atoms with Crippen molar-refractivity contribution < 1.29 is 14.3 Å². The third-order valence-corrected chi connectivity index (χ3v) is 5.65. The average molecular weight is 448 g/mol. The second kappa shape index (κ2) is 10.2. The average Bonchev–Trinajstić information content (AvgIpc) is 2.84. The van der Waals surface area contributed by atoms with E-state index in [0.717, 1.165) is 34.3 Å². The highest BCUT2D eigenvalue weighted by Crippen LogP contribution is 2.22. The van der Waals surface area contributed by atoms with E-state index in [1.807, 2.05) is 66.4 Å². The van der Waals surface area contributed by atoms with Gasteiger partial charge in [-0.05, 0) is 37.3 Å². The Morgan fingerprint density at radius 3 is 2.39 bits per heavy atom. The van der Waals surface area contributed by atoms with E-state index in [4.69, 9.17) is 14.5 Å². The zero-order valence-corrected chi connectivity index (χ0v) is 19.2. The van der Waals surface area contributed by atoms with Crippen molar-refractivity contribution in [1.29, 1.82) is 0 Å². The zero-order chi connectivity index (χ0) is 23.2. The van der Waals surface area contributed by atoms with Crippen molar-refractivity contribution in [3.63, 3.8) is 0 Å². The van der Waals surface area contributed by atoms with Gasteiger partial charge in [-0.3, -0.25) is 4.79 Å². The summed E-state index contributed by atoms with van der Waals surface area (Å²) in [7, 11) is 3.27. The lowest BCUT2D eigenvalue weighted by Gasteiger charge is -2.35. The van der Waals surface area contributed by atoms with Crippen molar-refractivity contribution in [2.75, 3.05) is 50.6 Å². The lowest BCUT2D eigenvalue weighted by molar-refractivity contribution is -0.130. The van der Waals surface area contributed by atoms with Crippen molar-refractivity contribution in [2.24, 2.45) is 0 Å². The Balaban J connectivity index is 1.38. The summed E-state index contributed by atoms with van der Waals surface area (Å²) in [6.07, 6.45) is 0.334. The van der Waals surface area contributed by atoms with Gasteiger partial charge in [0.25, 0.3) is 0 Å². The second-order valence-corrected chi connectivity index (χ2v) is 7.90. The number of para-hydroxylation sites is 1. The van der Waals surface area contributed by atoms with Crippen LogP contribution in [0.5, 0.6) is 11.5 Å². The van der Waals surface area contributed by atoms with Crippen LogP contribution in [0.4, 0.5) is 17.5 Å². The van der Waals surface area contributed by atoms with Crippen LogP contribution in [0, 0.1) is 6.92 Å². The fourth-order valence-corrected chi connectivity index (χ4v) is 3.86. The smallest absolute Gasteiger partial charge is 0.227 e. The molecule has 3 aromatic rings. The number of aryl methyl sites for hydroxylation is 1. The molecule has 4 rings (SSSR count). The number of piperazine rings is 1. The molecule has 1 aliphatic heterocycles. The fraction of sp³-hybridized carbons (Fsp3) is 0.320. The molecule has 1 saturated heterocycles. The van der Waals surface area contributed by atoms with E-state index in [-0.39, 0.29) is 5.91 Å². The van der Waals surface area contributed by atoms with Crippen molar-refractivity contribution in [1.82, 2.24) is 14.9 Å². The van der Waals surface area contributed by atoms with E-state index >= 15 is 0 Å². The number of hydrogen-bond donors (Lipinski definition) is 1. The molecule has 0 radical (unpaired) electrons. The Bertz CT molecular complexity index is 1100. The van der Waals surface area contributed by atoms with Crippen molar-refractivity contribution >= 4 is 23.4 Å². The number of hydrogen-bond acceptors (Lipinski definition) is 7. The van der Waals surface area contributed by atoms with Gasteiger partial charge in [0, 0.05) is 49.2 Å². The summed E-state index contributed by atoms with van der Waals surface area (Å²) >= 11 is 0. The molecule has 0 aliphatic carbocycles. The van der Waals surface area contributed by atoms with Crippen molar-refractivity contribution in [2.45, 2.75) is 13.3 Å². The van der Waals surface area contributed by atoms with Gasteiger partial charge >= 0.3 is 0 Å². The van der Waals surface area contributed by atoms with Crippen LogP contribution in [0.1, 0.15) is 11.3 Å². The van der Waals surface area contributed by atoms with Crippen LogP contribution in [-0.2, 0) is 11.2 Å². The van der Waals surface area contributed by atoms with Gasteiger partial charge in [-0.1, -0.05) is 18.2 Å². The van der Waals surface area contributed by atoms with Gasteiger partial charge in [0.15, 0.2) is 0 Å². The minimum absolute atomic E-state index is 0.103. The quantitative estimate of drug-likeness (QED) is 0.594. The van der Waals surface area contributed by atoms with E-state index in [9.17, 15) is 4.79 Å². The molecule has 2 aromatic carbocycles. The summed E-state index contributed by atoms with van der Waals surface area (Å²) in [5, 5.41) is 3.33. The highest BCUT2D eigenvalue weighted by Gasteiger charge is 2.23. The SMILES string of the molecule is COc1ccc(Nc2cc(C)nc(N3CCN(C(=O)Cc4ccccc4OC)CC3)n2)cc1. The molecule has 0 bridgehead atoms. The maximum Gasteiger partial charge on any atom is 0.227 e. The molecule has 8 heteroatoms. The zero-order valence-electron chi connectivity index (χ0n) is 19.2. The second-order valence-electron chi connectivity index (χ2n) is 7.90. The molecule has 0 spiro atoms. The van der Waals surface area contributed by atoms with Crippen LogP contribution in [0.2, 0.25) is 0 Å². The van der Waals surface area contributed by atoms with E-state index in [1.54, 1.807) is 14.2 Å². The molecule has 33 heavy (non-hydrogen) atoms. The highest BCUT2D eigenvalue weighted by atomic mass is 16.5. The maximum atomic E-state index is 12.8. The van der Waals surface area contributed by atoms with Crippen LogP contribution in [0.15, 0.2) is 54.6 Å². The number of ether oxygens (including phenoxy) is 2. The molecular formula is C25H29N5O3. The van der Waals surface area contributed by atoms with Crippen molar-refractivity contribution in [3.05, 3.63) is 65.9 Å². The van der Waals surface area contributed by atoms with Gasteiger partial charge in [0.1, 0.15) is 17.3 Å². The summed E-state index contributed by atoms with van der Waals surface area (Å²) in [6.45, 7) is 4.59. The van der Waals surface area contributed by atoms with Crippen LogP contribution in [0.25, 0.3) is 0 Å². The van der Waals surface area contributed by atoms with E-state index in [1.165, 1.54) is 0 Å². The Labute approximate surface area is 194 Å². The number of anilines is 3.